The number of nitrogens with zero attached hydrogens (tertiary/aromatic N) is 2. The molecule has 0 spiro atoms. The molecule has 3 rings (SSSR count). The first-order valence-corrected chi connectivity index (χ1v) is 6.78. The summed E-state index contributed by atoms with van der Waals surface area (Å²) in [5.74, 6) is 1.83. The molecule has 0 aliphatic heterocycles. The summed E-state index contributed by atoms with van der Waals surface area (Å²) < 4.78 is 2.32. The van der Waals surface area contributed by atoms with Gasteiger partial charge in [0.25, 0.3) is 0 Å². The molecule has 0 radical (unpaired) electrons. The Morgan fingerprint density at radius 3 is 2.82 bits per heavy atom. The molecule has 1 aromatic carbocycles. The maximum Gasteiger partial charge on any atom is 0.127 e. The molecule has 0 N–H and O–H groups in total. The Labute approximate surface area is 107 Å². The van der Waals surface area contributed by atoms with E-state index >= 15 is 0 Å². The van der Waals surface area contributed by atoms with E-state index in [9.17, 15) is 0 Å². The predicted molar refractivity (Wildman–Crippen MR) is 71.3 cm³/mol. The van der Waals surface area contributed by atoms with E-state index in [0.29, 0.717) is 0 Å². The molecular formula is C14H17ClN2. The standard InChI is InChI=1S/C14H17ClN2/c1-10(15)14-16-12-7-2-3-8-13(12)17(14)9-11-5-4-6-11/h2-3,7-8,10-11H,4-6,9H2,1H3. The fraction of sp³-hybridized carbons (Fsp3) is 0.500. The Morgan fingerprint density at radius 1 is 1.41 bits per heavy atom. The number of fused-ring (bicyclic) bond motifs is 1. The summed E-state index contributed by atoms with van der Waals surface area (Å²) in [6, 6.07) is 8.31. The third-order valence-electron chi connectivity index (χ3n) is 3.71. The van der Waals surface area contributed by atoms with Gasteiger partial charge in [-0.25, -0.2) is 4.98 Å². The van der Waals surface area contributed by atoms with Gasteiger partial charge in [-0.3, -0.25) is 0 Å². The van der Waals surface area contributed by atoms with Gasteiger partial charge in [0.2, 0.25) is 0 Å². The van der Waals surface area contributed by atoms with Crippen LogP contribution in [-0.4, -0.2) is 9.55 Å². The van der Waals surface area contributed by atoms with Crippen molar-refractivity contribution >= 4 is 22.6 Å². The van der Waals surface area contributed by atoms with Crippen molar-refractivity contribution in [2.75, 3.05) is 0 Å². The molecule has 3 heteroatoms. The van der Waals surface area contributed by atoms with Crippen LogP contribution in [-0.2, 0) is 6.54 Å². The van der Waals surface area contributed by atoms with Crippen LogP contribution in [0.1, 0.15) is 37.4 Å². The molecule has 1 aliphatic carbocycles. The molecule has 0 saturated heterocycles. The lowest BCUT2D eigenvalue weighted by atomic mass is 9.85. The lowest BCUT2D eigenvalue weighted by Crippen LogP contribution is -2.19. The molecule has 2 aromatic rings. The minimum Gasteiger partial charge on any atom is -0.326 e. The minimum absolute atomic E-state index is 0.0255. The highest BCUT2D eigenvalue weighted by Crippen LogP contribution is 2.32. The van der Waals surface area contributed by atoms with Crippen LogP contribution >= 0.6 is 11.6 Å². The summed E-state index contributed by atoms with van der Waals surface area (Å²) in [5, 5.41) is -0.0255. The number of rotatable bonds is 3. The predicted octanol–water partition coefficient (Wildman–Crippen LogP) is 4.14. The first-order chi connectivity index (χ1) is 8.25. The molecular weight excluding hydrogens is 232 g/mol. The minimum atomic E-state index is -0.0255. The molecule has 1 atom stereocenters. The Balaban J connectivity index is 2.06. The van der Waals surface area contributed by atoms with Crippen LogP contribution in [0, 0.1) is 5.92 Å². The topological polar surface area (TPSA) is 17.8 Å². The summed E-state index contributed by atoms with van der Waals surface area (Å²) in [4.78, 5) is 4.65. The number of imidazole rings is 1. The third-order valence-corrected chi connectivity index (χ3v) is 3.90. The molecule has 1 unspecified atom stereocenters. The Hall–Kier alpha value is -1.02. The third kappa shape index (κ3) is 1.95. The zero-order valence-electron chi connectivity index (χ0n) is 10.1. The number of hydrogen-bond donors (Lipinski definition) is 0. The maximum absolute atomic E-state index is 6.24. The molecule has 1 saturated carbocycles. The van der Waals surface area contributed by atoms with Crippen LogP contribution in [0.25, 0.3) is 11.0 Å². The summed E-state index contributed by atoms with van der Waals surface area (Å²) in [7, 11) is 0. The summed E-state index contributed by atoms with van der Waals surface area (Å²) >= 11 is 6.24. The Bertz CT molecular complexity index is 526. The maximum atomic E-state index is 6.24. The molecule has 2 nitrogen and oxygen atoms in total. The van der Waals surface area contributed by atoms with Gasteiger partial charge in [0.1, 0.15) is 5.82 Å². The van der Waals surface area contributed by atoms with Crippen molar-refractivity contribution in [1.29, 1.82) is 0 Å². The van der Waals surface area contributed by atoms with E-state index in [-0.39, 0.29) is 5.38 Å². The van der Waals surface area contributed by atoms with E-state index in [2.05, 4.69) is 27.8 Å². The average Bonchev–Trinajstić information content (AvgIpc) is 2.62. The fourth-order valence-corrected chi connectivity index (χ4v) is 2.69. The monoisotopic (exact) mass is 248 g/mol. The highest BCUT2D eigenvalue weighted by atomic mass is 35.5. The highest BCUT2D eigenvalue weighted by Gasteiger charge is 2.22. The first kappa shape index (κ1) is 11.1. The van der Waals surface area contributed by atoms with Crippen molar-refractivity contribution in [2.24, 2.45) is 5.92 Å². The summed E-state index contributed by atoms with van der Waals surface area (Å²) in [6.07, 6.45) is 4.08. The van der Waals surface area contributed by atoms with Crippen molar-refractivity contribution in [1.82, 2.24) is 9.55 Å². The van der Waals surface area contributed by atoms with Crippen molar-refractivity contribution in [3.05, 3.63) is 30.1 Å². The van der Waals surface area contributed by atoms with Gasteiger partial charge in [-0.15, -0.1) is 11.6 Å². The van der Waals surface area contributed by atoms with Crippen LogP contribution < -0.4 is 0 Å². The lowest BCUT2D eigenvalue weighted by Gasteiger charge is -2.27. The van der Waals surface area contributed by atoms with E-state index in [0.717, 1.165) is 23.8 Å². The average molecular weight is 249 g/mol. The van der Waals surface area contributed by atoms with Gasteiger partial charge in [-0.2, -0.15) is 0 Å². The number of hydrogen-bond acceptors (Lipinski definition) is 1. The lowest BCUT2D eigenvalue weighted by molar-refractivity contribution is 0.276. The van der Waals surface area contributed by atoms with E-state index in [1.54, 1.807) is 0 Å². The fourth-order valence-electron chi connectivity index (χ4n) is 2.52. The van der Waals surface area contributed by atoms with Gasteiger partial charge in [-0.05, 0) is 37.8 Å². The van der Waals surface area contributed by atoms with Gasteiger partial charge in [-0.1, -0.05) is 18.6 Å². The van der Waals surface area contributed by atoms with Crippen molar-refractivity contribution in [2.45, 2.75) is 38.1 Å². The Morgan fingerprint density at radius 2 is 2.18 bits per heavy atom. The van der Waals surface area contributed by atoms with E-state index in [1.165, 1.54) is 24.8 Å². The second-order valence-corrected chi connectivity index (χ2v) is 5.64. The second-order valence-electron chi connectivity index (χ2n) is 4.98. The van der Waals surface area contributed by atoms with E-state index < -0.39 is 0 Å². The highest BCUT2D eigenvalue weighted by molar-refractivity contribution is 6.20. The largest absolute Gasteiger partial charge is 0.326 e. The summed E-state index contributed by atoms with van der Waals surface area (Å²) in [5.41, 5.74) is 2.29. The molecule has 90 valence electrons. The smallest absolute Gasteiger partial charge is 0.127 e. The van der Waals surface area contributed by atoms with Gasteiger partial charge >= 0.3 is 0 Å². The SMILES string of the molecule is CC(Cl)c1nc2ccccc2n1CC1CCC1. The first-order valence-electron chi connectivity index (χ1n) is 6.35. The molecule has 1 fully saturated rings. The molecule has 17 heavy (non-hydrogen) atoms. The van der Waals surface area contributed by atoms with Gasteiger partial charge < -0.3 is 4.57 Å². The van der Waals surface area contributed by atoms with Crippen LogP contribution in [0.5, 0.6) is 0 Å². The van der Waals surface area contributed by atoms with E-state index in [4.69, 9.17) is 11.6 Å². The molecule has 0 amide bonds. The van der Waals surface area contributed by atoms with Gasteiger partial charge in [0.05, 0.1) is 16.4 Å². The number of halogens is 1. The van der Waals surface area contributed by atoms with Crippen LogP contribution in [0.15, 0.2) is 24.3 Å². The van der Waals surface area contributed by atoms with Crippen LogP contribution in [0.3, 0.4) is 0 Å². The zero-order valence-corrected chi connectivity index (χ0v) is 10.8. The molecule has 1 aromatic heterocycles. The van der Waals surface area contributed by atoms with Crippen molar-refractivity contribution in [3.63, 3.8) is 0 Å². The zero-order chi connectivity index (χ0) is 11.8. The van der Waals surface area contributed by atoms with Crippen molar-refractivity contribution in [3.8, 4) is 0 Å². The Kier molecular flexibility index (Phi) is 2.83. The number of benzene rings is 1. The van der Waals surface area contributed by atoms with Crippen molar-refractivity contribution < 1.29 is 0 Å². The van der Waals surface area contributed by atoms with E-state index in [1.807, 2.05) is 13.0 Å². The normalized spacial score (nSPS) is 18.2. The second kappa shape index (κ2) is 4.34. The van der Waals surface area contributed by atoms with Gasteiger partial charge in [0.15, 0.2) is 0 Å². The number of alkyl halides is 1. The van der Waals surface area contributed by atoms with Gasteiger partial charge in [0, 0.05) is 6.54 Å². The molecule has 0 bridgehead atoms. The summed E-state index contributed by atoms with van der Waals surface area (Å²) in [6.45, 7) is 3.08. The van der Waals surface area contributed by atoms with Crippen LogP contribution in [0.4, 0.5) is 0 Å². The number of aromatic nitrogens is 2. The number of para-hydroxylation sites is 2. The van der Waals surface area contributed by atoms with Crippen LogP contribution in [0.2, 0.25) is 0 Å². The molecule has 1 heterocycles. The quantitative estimate of drug-likeness (QED) is 0.747. The molecule has 1 aliphatic rings.